The highest BCUT2D eigenvalue weighted by Gasteiger charge is 2.71. The van der Waals surface area contributed by atoms with Crippen LogP contribution in [0.2, 0.25) is 0 Å². The molecule has 10 atom stereocenters. The molecule has 196 valence electrons. The predicted molar refractivity (Wildman–Crippen MR) is 134 cm³/mol. The molecule has 0 amide bonds. The summed E-state index contributed by atoms with van der Waals surface area (Å²) in [5, 5.41) is 21.3. The van der Waals surface area contributed by atoms with Crippen molar-refractivity contribution in [2.24, 2.45) is 34.0 Å². The average molecular weight is 487 g/mol. The molecular formula is C30H46O5. The molecule has 6 rings (SSSR count). The summed E-state index contributed by atoms with van der Waals surface area (Å²) in [5.74, 6) is 1.15. The summed E-state index contributed by atoms with van der Waals surface area (Å²) in [6, 6.07) is 0. The number of ether oxygens (including phenoxy) is 2. The van der Waals surface area contributed by atoms with Gasteiger partial charge in [0.15, 0.2) is 5.78 Å². The van der Waals surface area contributed by atoms with Crippen molar-refractivity contribution in [3.05, 3.63) is 11.1 Å². The fourth-order valence-corrected chi connectivity index (χ4v) is 10.3. The van der Waals surface area contributed by atoms with Crippen molar-refractivity contribution in [2.75, 3.05) is 0 Å². The Morgan fingerprint density at radius 2 is 1.80 bits per heavy atom. The minimum absolute atomic E-state index is 0.0323. The normalized spacial score (nSPS) is 51.4. The lowest BCUT2D eigenvalue weighted by molar-refractivity contribution is -0.190. The first-order valence-electron chi connectivity index (χ1n) is 14.2. The smallest absolute Gasteiger partial charge is 0.172 e. The minimum Gasteiger partial charge on any atom is -0.388 e. The predicted octanol–water partition coefficient (Wildman–Crippen LogP) is 4.97. The monoisotopic (exact) mass is 486 g/mol. The molecule has 2 bridgehead atoms. The van der Waals surface area contributed by atoms with Crippen molar-refractivity contribution in [1.82, 2.24) is 0 Å². The highest BCUT2D eigenvalue weighted by atomic mass is 16.5. The van der Waals surface area contributed by atoms with Crippen LogP contribution >= 0.6 is 0 Å². The first kappa shape index (κ1) is 24.6. The lowest BCUT2D eigenvalue weighted by Gasteiger charge is -2.52. The molecule has 6 aliphatic rings. The molecule has 2 N–H and O–H groups in total. The van der Waals surface area contributed by atoms with Crippen molar-refractivity contribution >= 4 is 5.78 Å². The number of aliphatic hydroxyl groups is 2. The summed E-state index contributed by atoms with van der Waals surface area (Å²) >= 11 is 0. The Morgan fingerprint density at radius 1 is 1.09 bits per heavy atom. The van der Waals surface area contributed by atoms with Gasteiger partial charge in [-0.3, -0.25) is 4.79 Å². The van der Waals surface area contributed by atoms with E-state index in [-0.39, 0.29) is 34.1 Å². The van der Waals surface area contributed by atoms with E-state index in [1.165, 1.54) is 17.6 Å². The van der Waals surface area contributed by atoms with E-state index in [9.17, 15) is 15.0 Å². The van der Waals surface area contributed by atoms with E-state index in [4.69, 9.17) is 9.47 Å². The van der Waals surface area contributed by atoms with E-state index < -0.39 is 29.3 Å². The summed E-state index contributed by atoms with van der Waals surface area (Å²) in [4.78, 5) is 14.4. The lowest BCUT2D eigenvalue weighted by Crippen LogP contribution is -2.53. The number of carbonyl (C=O) groups is 1. The SMILES string of the molecule is CC1CC(C(O)C(C)(C)O)OC2C(=O)C3(C)C4=C(CCC3(C)C12)CC12CCC(O1)C(C)(C)C2CC4. The van der Waals surface area contributed by atoms with Gasteiger partial charge in [-0.25, -0.2) is 0 Å². The number of hydrogen-bond acceptors (Lipinski definition) is 5. The number of aliphatic hydroxyl groups excluding tert-OH is 1. The van der Waals surface area contributed by atoms with E-state index in [0.29, 0.717) is 18.4 Å². The van der Waals surface area contributed by atoms with Gasteiger partial charge in [0.05, 0.1) is 28.8 Å². The first-order chi connectivity index (χ1) is 16.2. The van der Waals surface area contributed by atoms with E-state index in [1.807, 2.05) is 0 Å². The number of allylic oxidation sites excluding steroid dienone is 1. The van der Waals surface area contributed by atoms with Crippen molar-refractivity contribution in [3.8, 4) is 0 Å². The standard InChI is InChI=1S/C30H46O5/c1-16-14-19(24(31)27(4,5)33)34-23-22(16)28(6)12-10-17-15-30-13-11-21(35-30)26(2,3)20(30)9-8-18(17)29(28,7)25(23)32/h16,19-24,31,33H,8-15H2,1-7H3. The summed E-state index contributed by atoms with van der Waals surface area (Å²) < 4.78 is 13.3. The average Bonchev–Trinajstić information content (AvgIpc) is 3.27. The fourth-order valence-electron chi connectivity index (χ4n) is 10.3. The van der Waals surface area contributed by atoms with Crippen LogP contribution in [-0.4, -0.2) is 51.6 Å². The number of carbonyl (C=O) groups excluding carboxylic acids is 1. The third-order valence-corrected chi connectivity index (χ3v) is 12.3. The Labute approximate surface area is 211 Å². The Morgan fingerprint density at radius 3 is 2.49 bits per heavy atom. The van der Waals surface area contributed by atoms with Crippen molar-refractivity contribution in [1.29, 1.82) is 0 Å². The highest BCUT2D eigenvalue weighted by molar-refractivity contribution is 5.96. The maximum atomic E-state index is 14.4. The largest absolute Gasteiger partial charge is 0.388 e. The molecular weight excluding hydrogens is 440 g/mol. The van der Waals surface area contributed by atoms with Crippen LogP contribution in [0.5, 0.6) is 0 Å². The molecule has 0 aromatic heterocycles. The molecule has 3 aliphatic heterocycles. The molecule has 10 unspecified atom stereocenters. The second-order valence-corrected chi connectivity index (χ2v) is 14.7. The van der Waals surface area contributed by atoms with Crippen LogP contribution in [0.1, 0.15) is 99.8 Å². The molecule has 5 heteroatoms. The van der Waals surface area contributed by atoms with Gasteiger partial charge in [0, 0.05) is 5.92 Å². The topological polar surface area (TPSA) is 76.0 Å². The van der Waals surface area contributed by atoms with Crippen LogP contribution in [0, 0.1) is 34.0 Å². The van der Waals surface area contributed by atoms with E-state index in [2.05, 4.69) is 34.6 Å². The van der Waals surface area contributed by atoms with Crippen LogP contribution in [-0.2, 0) is 14.3 Å². The molecule has 4 fully saturated rings. The van der Waals surface area contributed by atoms with Gasteiger partial charge in [0.1, 0.15) is 12.2 Å². The maximum Gasteiger partial charge on any atom is 0.172 e. The van der Waals surface area contributed by atoms with Crippen LogP contribution in [0.4, 0.5) is 0 Å². The third-order valence-electron chi connectivity index (χ3n) is 12.3. The Kier molecular flexibility index (Phi) is 5.06. The zero-order chi connectivity index (χ0) is 25.3. The van der Waals surface area contributed by atoms with E-state index in [1.54, 1.807) is 13.8 Å². The molecule has 3 aliphatic carbocycles. The molecule has 1 spiro atoms. The summed E-state index contributed by atoms with van der Waals surface area (Å²) in [7, 11) is 0. The van der Waals surface area contributed by atoms with Gasteiger partial charge in [-0.1, -0.05) is 38.8 Å². The van der Waals surface area contributed by atoms with Gasteiger partial charge in [0.2, 0.25) is 0 Å². The summed E-state index contributed by atoms with van der Waals surface area (Å²) in [5.41, 5.74) is 1.11. The second-order valence-electron chi connectivity index (χ2n) is 14.7. The fraction of sp³-hybridized carbons (Fsp3) is 0.900. The molecule has 3 heterocycles. The molecule has 35 heavy (non-hydrogen) atoms. The Hall–Kier alpha value is -0.750. The molecule has 0 aromatic rings. The van der Waals surface area contributed by atoms with Crippen molar-refractivity contribution < 1.29 is 24.5 Å². The first-order valence-corrected chi connectivity index (χ1v) is 14.2. The lowest BCUT2D eigenvalue weighted by atomic mass is 9.52. The molecule has 1 saturated carbocycles. The number of rotatable bonds is 2. The van der Waals surface area contributed by atoms with Gasteiger partial charge in [0.25, 0.3) is 0 Å². The molecule has 0 radical (unpaired) electrons. The second kappa shape index (κ2) is 7.21. The van der Waals surface area contributed by atoms with Crippen LogP contribution < -0.4 is 0 Å². The van der Waals surface area contributed by atoms with Crippen LogP contribution in [0.15, 0.2) is 11.1 Å². The summed E-state index contributed by atoms with van der Waals surface area (Å²) in [6.45, 7) is 14.8. The number of ketones is 1. The maximum absolute atomic E-state index is 14.4. The Balaban J connectivity index is 1.38. The molecule has 5 nitrogen and oxygen atoms in total. The third kappa shape index (κ3) is 2.93. The van der Waals surface area contributed by atoms with Gasteiger partial charge in [-0.15, -0.1) is 0 Å². The van der Waals surface area contributed by atoms with E-state index in [0.717, 1.165) is 38.5 Å². The zero-order valence-electron chi connectivity index (χ0n) is 22.8. The van der Waals surface area contributed by atoms with Gasteiger partial charge >= 0.3 is 0 Å². The number of Topliss-reactive ketones (excluding diaryl/α,β-unsaturated/α-hetero) is 1. The zero-order valence-corrected chi connectivity index (χ0v) is 22.8. The Bertz CT molecular complexity index is 976. The van der Waals surface area contributed by atoms with E-state index >= 15 is 0 Å². The van der Waals surface area contributed by atoms with Crippen molar-refractivity contribution in [2.45, 2.75) is 135 Å². The molecule has 0 aromatic carbocycles. The summed E-state index contributed by atoms with van der Waals surface area (Å²) in [6.07, 6.45) is 6.50. The van der Waals surface area contributed by atoms with Gasteiger partial charge < -0.3 is 19.7 Å². The van der Waals surface area contributed by atoms with Gasteiger partial charge in [-0.2, -0.15) is 0 Å². The van der Waals surface area contributed by atoms with Crippen molar-refractivity contribution in [3.63, 3.8) is 0 Å². The van der Waals surface area contributed by atoms with Crippen LogP contribution in [0.25, 0.3) is 0 Å². The minimum atomic E-state index is -1.26. The molecule has 3 saturated heterocycles. The van der Waals surface area contributed by atoms with Gasteiger partial charge in [-0.05, 0) is 94.8 Å². The highest BCUT2D eigenvalue weighted by Crippen LogP contribution is 2.71. The quantitative estimate of drug-likeness (QED) is 0.539. The van der Waals surface area contributed by atoms with Crippen LogP contribution in [0.3, 0.4) is 0 Å². The number of fused-ring (bicyclic) bond motifs is 5. The number of hydrogen-bond donors (Lipinski definition) is 2.